The molecule has 0 aliphatic rings. The Kier molecular flexibility index (Phi) is 2.92. The van der Waals surface area contributed by atoms with Gasteiger partial charge in [-0.2, -0.15) is 5.10 Å². The third kappa shape index (κ3) is 1.93. The first-order valence-electron chi connectivity index (χ1n) is 5.89. The first kappa shape index (κ1) is 11.7. The van der Waals surface area contributed by atoms with Crippen LogP contribution in [0.15, 0.2) is 18.2 Å². The lowest BCUT2D eigenvalue weighted by Gasteiger charge is -2.08. The van der Waals surface area contributed by atoms with Crippen molar-refractivity contribution in [3.8, 4) is 11.4 Å². The molecule has 3 nitrogen and oxygen atoms in total. The molecule has 0 atom stereocenters. The SMILES string of the molecule is CCc1c(C)nn(-c2ccc(O)cc2C)c1C. The van der Waals surface area contributed by atoms with Gasteiger partial charge < -0.3 is 5.11 Å². The van der Waals surface area contributed by atoms with Crippen molar-refractivity contribution in [3.05, 3.63) is 40.7 Å². The van der Waals surface area contributed by atoms with E-state index in [9.17, 15) is 5.11 Å². The molecule has 0 saturated carbocycles. The van der Waals surface area contributed by atoms with Gasteiger partial charge in [-0.25, -0.2) is 4.68 Å². The molecule has 1 N–H and O–H groups in total. The quantitative estimate of drug-likeness (QED) is 0.861. The van der Waals surface area contributed by atoms with Crippen molar-refractivity contribution < 1.29 is 5.11 Å². The van der Waals surface area contributed by atoms with E-state index in [1.54, 1.807) is 12.1 Å². The molecule has 2 aromatic rings. The highest BCUT2D eigenvalue weighted by Gasteiger charge is 2.12. The maximum Gasteiger partial charge on any atom is 0.115 e. The Morgan fingerprint density at radius 1 is 1.24 bits per heavy atom. The largest absolute Gasteiger partial charge is 0.508 e. The van der Waals surface area contributed by atoms with E-state index in [4.69, 9.17) is 0 Å². The highest BCUT2D eigenvalue weighted by Crippen LogP contribution is 2.23. The smallest absolute Gasteiger partial charge is 0.115 e. The van der Waals surface area contributed by atoms with Gasteiger partial charge in [-0.15, -0.1) is 0 Å². The molecule has 17 heavy (non-hydrogen) atoms. The van der Waals surface area contributed by atoms with E-state index in [2.05, 4.69) is 18.9 Å². The summed E-state index contributed by atoms with van der Waals surface area (Å²) in [6, 6.07) is 5.37. The third-order valence-electron chi connectivity index (χ3n) is 3.20. The first-order valence-corrected chi connectivity index (χ1v) is 5.89. The highest BCUT2D eigenvalue weighted by atomic mass is 16.3. The number of hydrogen-bond acceptors (Lipinski definition) is 2. The molecule has 0 unspecified atom stereocenters. The van der Waals surface area contributed by atoms with Gasteiger partial charge in [0, 0.05) is 5.69 Å². The average Bonchev–Trinajstić information content (AvgIpc) is 2.54. The third-order valence-corrected chi connectivity index (χ3v) is 3.20. The molecule has 1 aromatic carbocycles. The van der Waals surface area contributed by atoms with Crippen LogP contribution in [-0.4, -0.2) is 14.9 Å². The Balaban J connectivity index is 2.61. The number of aromatic hydroxyl groups is 1. The van der Waals surface area contributed by atoms with Gasteiger partial charge in [0.05, 0.1) is 11.4 Å². The summed E-state index contributed by atoms with van der Waals surface area (Å²) in [7, 11) is 0. The number of phenols is 1. The Hall–Kier alpha value is -1.77. The van der Waals surface area contributed by atoms with Crippen LogP contribution in [-0.2, 0) is 6.42 Å². The van der Waals surface area contributed by atoms with Crippen molar-refractivity contribution in [3.63, 3.8) is 0 Å². The standard InChI is InChI=1S/C14H18N2O/c1-5-13-10(3)15-16(11(13)4)14-7-6-12(17)8-9(14)2/h6-8,17H,5H2,1-4H3. The number of hydrogen-bond donors (Lipinski definition) is 1. The molecule has 0 amide bonds. The van der Waals surface area contributed by atoms with Crippen LogP contribution in [0.2, 0.25) is 0 Å². The van der Waals surface area contributed by atoms with Crippen LogP contribution >= 0.6 is 0 Å². The minimum absolute atomic E-state index is 0.295. The Morgan fingerprint density at radius 2 is 1.94 bits per heavy atom. The second kappa shape index (κ2) is 4.24. The predicted octanol–water partition coefficient (Wildman–Crippen LogP) is 3.07. The van der Waals surface area contributed by atoms with Crippen LogP contribution in [0.3, 0.4) is 0 Å². The van der Waals surface area contributed by atoms with Crippen molar-refractivity contribution in [1.29, 1.82) is 0 Å². The average molecular weight is 230 g/mol. The molecular formula is C14H18N2O. The molecular weight excluding hydrogens is 212 g/mol. The molecule has 0 bridgehead atoms. The minimum atomic E-state index is 0.295. The monoisotopic (exact) mass is 230 g/mol. The minimum Gasteiger partial charge on any atom is -0.508 e. The maximum absolute atomic E-state index is 9.43. The predicted molar refractivity (Wildman–Crippen MR) is 68.8 cm³/mol. The fourth-order valence-electron chi connectivity index (χ4n) is 2.30. The van der Waals surface area contributed by atoms with E-state index < -0.39 is 0 Å². The summed E-state index contributed by atoms with van der Waals surface area (Å²) >= 11 is 0. The fraction of sp³-hybridized carbons (Fsp3) is 0.357. The van der Waals surface area contributed by atoms with Gasteiger partial charge in [-0.3, -0.25) is 0 Å². The molecule has 0 aliphatic carbocycles. The van der Waals surface area contributed by atoms with Crippen LogP contribution in [0.5, 0.6) is 5.75 Å². The molecule has 0 aliphatic heterocycles. The number of aromatic nitrogens is 2. The lowest BCUT2D eigenvalue weighted by atomic mass is 10.1. The number of rotatable bonds is 2. The Bertz CT molecular complexity index is 556. The van der Waals surface area contributed by atoms with E-state index in [1.807, 2.05) is 24.6 Å². The van der Waals surface area contributed by atoms with Gasteiger partial charge in [0.1, 0.15) is 5.75 Å². The lowest BCUT2D eigenvalue weighted by molar-refractivity contribution is 0.474. The second-order valence-electron chi connectivity index (χ2n) is 4.39. The molecule has 3 heteroatoms. The molecule has 1 aromatic heterocycles. The molecule has 0 spiro atoms. The van der Waals surface area contributed by atoms with Gasteiger partial charge in [0.25, 0.3) is 0 Å². The van der Waals surface area contributed by atoms with Crippen molar-refractivity contribution in [2.75, 3.05) is 0 Å². The fourth-order valence-corrected chi connectivity index (χ4v) is 2.30. The molecule has 0 fully saturated rings. The summed E-state index contributed by atoms with van der Waals surface area (Å²) in [5.74, 6) is 0.295. The van der Waals surface area contributed by atoms with Crippen LogP contribution in [0.25, 0.3) is 5.69 Å². The van der Waals surface area contributed by atoms with Gasteiger partial charge in [-0.1, -0.05) is 6.92 Å². The number of benzene rings is 1. The molecule has 0 radical (unpaired) electrons. The van der Waals surface area contributed by atoms with Crippen LogP contribution in [0.1, 0.15) is 29.4 Å². The first-order chi connectivity index (χ1) is 8.04. The number of aryl methyl sites for hydroxylation is 2. The Labute approximate surface area is 102 Å². The summed E-state index contributed by atoms with van der Waals surface area (Å²) in [4.78, 5) is 0. The maximum atomic E-state index is 9.43. The normalized spacial score (nSPS) is 10.8. The van der Waals surface area contributed by atoms with Gasteiger partial charge in [0.15, 0.2) is 0 Å². The molecule has 90 valence electrons. The van der Waals surface area contributed by atoms with Crippen molar-refractivity contribution in [2.24, 2.45) is 0 Å². The van der Waals surface area contributed by atoms with Gasteiger partial charge in [-0.05, 0) is 56.5 Å². The summed E-state index contributed by atoms with van der Waals surface area (Å²) in [5, 5.41) is 14.0. The number of phenolic OH excluding ortho intramolecular Hbond substituents is 1. The molecule has 1 heterocycles. The highest BCUT2D eigenvalue weighted by molar-refractivity contribution is 5.46. The Morgan fingerprint density at radius 3 is 2.47 bits per heavy atom. The van der Waals surface area contributed by atoms with Crippen LogP contribution < -0.4 is 0 Å². The van der Waals surface area contributed by atoms with Crippen molar-refractivity contribution in [1.82, 2.24) is 9.78 Å². The lowest BCUT2D eigenvalue weighted by Crippen LogP contribution is -2.01. The summed E-state index contributed by atoms with van der Waals surface area (Å²) in [6.07, 6.45) is 0.995. The summed E-state index contributed by atoms with van der Waals surface area (Å²) in [6.45, 7) is 8.26. The molecule has 2 rings (SSSR count). The second-order valence-corrected chi connectivity index (χ2v) is 4.39. The topological polar surface area (TPSA) is 38.0 Å². The molecule has 0 saturated heterocycles. The number of nitrogens with zero attached hydrogens (tertiary/aromatic N) is 2. The van der Waals surface area contributed by atoms with E-state index in [0.717, 1.165) is 23.4 Å². The summed E-state index contributed by atoms with van der Waals surface area (Å²) < 4.78 is 1.96. The zero-order chi connectivity index (χ0) is 12.6. The van der Waals surface area contributed by atoms with E-state index in [1.165, 1.54) is 11.3 Å². The summed E-state index contributed by atoms with van der Waals surface area (Å²) in [5.41, 5.74) is 5.62. The van der Waals surface area contributed by atoms with Gasteiger partial charge in [0.2, 0.25) is 0 Å². The van der Waals surface area contributed by atoms with E-state index in [-0.39, 0.29) is 0 Å². The van der Waals surface area contributed by atoms with Crippen LogP contribution in [0, 0.1) is 20.8 Å². The zero-order valence-electron chi connectivity index (χ0n) is 10.8. The zero-order valence-corrected chi connectivity index (χ0v) is 10.8. The van der Waals surface area contributed by atoms with Crippen LogP contribution in [0.4, 0.5) is 0 Å². The van der Waals surface area contributed by atoms with E-state index in [0.29, 0.717) is 5.75 Å². The van der Waals surface area contributed by atoms with Crippen molar-refractivity contribution >= 4 is 0 Å². The van der Waals surface area contributed by atoms with Crippen molar-refractivity contribution in [2.45, 2.75) is 34.1 Å². The van der Waals surface area contributed by atoms with Gasteiger partial charge >= 0.3 is 0 Å². The van der Waals surface area contributed by atoms with E-state index >= 15 is 0 Å².